The first kappa shape index (κ1) is 19.1. The summed E-state index contributed by atoms with van der Waals surface area (Å²) in [5.41, 5.74) is 6.35. The molecule has 0 aliphatic rings. The van der Waals surface area contributed by atoms with Crippen LogP contribution < -0.4 is 5.32 Å². The zero-order valence-electron chi connectivity index (χ0n) is 16.1. The summed E-state index contributed by atoms with van der Waals surface area (Å²) in [7, 11) is 0. The number of carbonyl (C=O) groups is 1. The third-order valence-electron chi connectivity index (χ3n) is 4.92. The Bertz CT molecular complexity index is 1160. The van der Waals surface area contributed by atoms with E-state index >= 15 is 0 Å². The van der Waals surface area contributed by atoms with Crippen molar-refractivity contribution in [2.75, 3.05) is 5.32 Å². The van der Waals surface area contributed by atoms with E-state index in [4.69, 9.17) is 0 Å². The molecule has 5 nitrogen and oxygen atoms in total. The monoisotopic (exact) mass is 446 g/mol. The molecular formula is C23H19BrN4O. The van der Waals surface area contributed by atoms with E-state index in [0.29, 0.717) is 5.56 Å². The molecule has 6 heteroatoms. The SMILES string of the molecule is Cc1cccc(NC(=O)c2ccc(-n3nncc3-c3ccc(Br)cc3)cc2)c1C. The molecule has 4 aromatic rings. The number of carbonyl (C=O) groups excluding carboxylic acids is 1. The second-order valence-corrected chi connectivity index (χ2v) is 7.70. The van der Waals surface area contributed by atoms with E-state index in [9.17, 15) is 4.79 Å². The van der Waals surface area contributed by atoms with E-state index in [1.54, 1.807) is 23.0 Å². The summed E-state index contributed by atoms with van der Waals surface area (Å²) >= 11 is 3.45. The van der Waals surface area contributed by atoms with Crippen molar-refractivity contribution in [1.82, 2.24) is 15.0 Å². The number of amides is 1. The van der Waals surface area contributed by atoms with Crippen molar-refractivity contribution in [3.05, 3.63) is 94.1 Å². The Hall–Kier alpha value is -3.25. The molecule has 4 rings (SSSR count). The largest absolute Gasteiger partial charge is 0.322 e. The Labute approximate surface area is 177 Å². The van der Waals surface area contributed by atoms with Crippen molar-refractivity contribution in [2.24, 2.45) is 0 Å². The summed E-state index contributed by atoms with van der Waals surface area (Å²) in [5, 5.41) is 11.2. The van der Waals surface area contributed by atoms with E-state index in [1.165, 1.54) is 0 Å². The maximum Gasteiger partial charge on any atom is 0.255 e. The zero-order valence-corrected chi connectivity index (χ0v) is 17.6. The molecule has 1 aromatic heterocycles. The quantitative estimate of drug-likeness (QED) is 0.445. The molecule has 0 bridgehead atoms. The number of nitrogens with one attached hydrogen (secondary N) is 1. The van der Waals surface area contributed by atoms with Gasteiger partial charge in [-0.25, -0.2) is 4.68 Å². The van der Waals surface area contributed by atoms with Crippen LogP contribution in [0.5, 0.6) is 0 Å². The lowest BCUT2D eigenvalue weighted by atomic mass is 10.1. The van der Waals surface area contributed by atoms with Gasteiger partial charge >= 0.3 is 0 Å². The van der Waals surface area contributed by atoms with Crippen LogP contribution >= 0.6 is 15.9 Å². The molecule has 3 aromatic carbocycles. The number of aromatic nitrogens is 3. The van der Waals surface area contributed by atoms with Crippen LogP contribution in [0.4, 0.5) is 5.69 Å². The van der Waals surface area contributed by atoms with Gasteiger partial charge in [0.25, 0.3) is 5.91 Å². The zero-order chi connectivity index (χ0) is 20.4. The van der Waals surface area contributed by atoms with Gasteiger partial charge in [-0.1, -0.05) is 45.4 Å². The molecular weight excluding hydrogens is 428 g/mol. The fourth-order valence-electron chi connectivity index (χ4n) is 3.08. The average Bonchev–Trinajstić information content (AvgIpc) is 3.22. The van der Waals surface area contributed by atoms with Crippen LogP contribution in [0.3, 0.4) is 0 Å². The molecule has 0 aliphatic heterocycles. The minimum absolute atomic E-state index is 0.142. The number of benzene rings is 3. The van der Waals surface area contributed by atoms with E-state index in [0.717, 1.165) is 38.2 Å². The van der Waals surface area contributed by atoms with Crippen LogP contribution in [0, 0.1) is 13.8 Å². The molecule has 0 atom stereocenters. The lowest BCUT2D eigenvalue weighted by Gasteiger charge is -2.11. The molecule has 0 spiro atoms. The third kappa shape index (κ3) is 3.98. The summed E-state index contributed by atoms with van der Waals surface area (Å²) in [6, 6.07) is 21.2. The number of hydrogen-bond donors (Lipinski definition) is 1. The molecule has 0 unspecified atom stereocenters. The number of aryl methyl sites for hydroxylation is 1. The van der Waals surface area contributed by atoms with Crippen molar-refractivity contribution in [2.45, 2.75) is 13.8 Å². The van der Waals surface area contributed by atoms with Crippen LogP contribution in [0.1, 0.15) is 21.5 Å². The molecule has 29 heavy (non-hydrogen) atoms. The number of hydrogen-bond acceptors (Lipinski definition) is 3. The minimum atomic E-state index is -0.142. The smallest absolute Gasteiger partial charge is 0.255 e. The maximum absolute atomic E-state index is 12.6. The highest BCUT2D eigenvalue weighted by molar-refractivity contribution is 9.10. The predicted octanol–water partition coefficient (Wildman–Crippen LogP) is 5.57. The first-order valence-electron chi connectivity index (χ1n) is 9.17. The Morgan fingerprint density at radius 3 is 2.41 bits per heavy atom. The summed E-state index contributed by atoms with van der Waals surface area (Å²) < 4.78 is 2.77. The average molecular weight is 447 g/mol. The number of rotatable bonds is 4. The molecule has 144 valence electrons. The fourth-order valence-corrected chi connectivity index (χ4v) is 3.34. The second-order valence-electron chi connectivity index (χ2n) is 6.79. The lowest BCUT2D eigenvalue weighted by molar-refractivity contribution is 0.102. The van der Waals surface area contributed by atoms with Gasteiger partial charge in [-0.05, 0) is 67.4 Å². The Kier molecular flexibility index (Phi) is 5.27. The summed E-state index contributed by atoms with van der Waals surface area (Å²) in [5.74, 6) is -0.142. The maximum atomic E-state index is 12.6. The Morgan fingerprint density at radius 1 is 0.966 bits per heavy atom. The Morgan fingerprint density at radius 2 is 1.69 bits per heavy atom. The van der Waals surface area contributed by atoms with Crippen LogP contribution in [-0.4, -0.2) is 20.9 Å². The van der Waals surface area contributed by atoms with Crippen molar-refractivity contribution in [1.29, 1.82) is 0 Å². The minimum Gasteiger partial charge on any atom is -0.322 e. The van der Waals surface area contributed by atoms with Crippen LogP contribution in [0.15, 0.2) is 77.4 Å². The summed E-state index contributed by atoms with van der Waals surface area (Å²) in [6.45, 7) is 4.03. The van der Waals surface area contributed by atoms with Crippen LogP contribution in [0.25, 0.3) is 16.9 Å². The van der Waals surface area contributed by atoms with Crippen molar-refractivity contribution < 1.29 is 4.79 Å². The molecule has 0 radical (unpaired) electrons. The molecule has 0 saturated heterocycles. The normalized spacial score (nSPS) is 10.7. The van der Waals surface area contributed by atoms with Gasteiger partial charge in [-0.15, -0.1) is 5.10 Å². The van der Waals surface area contributed by atoms with Crippen molar-refractivity contribution in [3.63, 3.8) is 0 Å². The standard InChI is InChI=1S/C23H19BrN4O/c1-15-4-3-5-21(16(15)2)26-23(29)18-8-12-20(13-9-18)28-22(14-25-27-28)17-6-10-19(24)11-7-17/h3-14H,1-2H3,(H,26,29). The second kappa shape index (κ2) is 8.01. The number of nitrogens with zero attached hydrogens (tertiary/aromatic N) is 3. The highest BCUT2D eigenvalue weighted by Gasteiger charge is 2.12. The third-order valence-corrected chi connectivity index (χ3v) is 5.44. The van der Waals surface area contributed by atoms with Crippen molar-refractivity contribution >= 4 is 27.5 Å². The first-order chi connectivity index (χ1) is 14.0. The van der Waals surface area contributed by atoms with E-state index < -0.39 is 0 Å². The molecule has 1 amide bonds. The van der Waals surface area contributed by atoms with Crippen molar-refractivity contribution in [3.8, 4) is 16.9 Å². The number of anilines is 1. The predicted molar refractivity (Wildman–Crippen MR) is 118 cm³/mol. The van der Waals surface area contributed by atoms with E-state index in [-0.39, 0.29) is 5.91 Å². The van der Waals surface area contributed by atoms with Gasteiger partial charge in [0.05, 0.1) is 17.6 Å². The van der Waals surface area contributed by atoms with Gasteiger partial charge in [-0.2, -0.15) is 0 Å². The molecule has 0 aliphatic carbocycles. The van der Waals surface area contributed by atoms with Gasteiger partial charge in [0.2, 0.25) is 0 Å². The molecule has 1 heterocycles. The van der Waals surface area contributed by atoms with Gasteiger partial charge in [0.15, 0.2) is 0 Å². The van der Waals surface area contributed by atoms with Crippen LogP contribution in [0.2, 0.25) is 0 Å². The highest BCUT2D eigenvalue weighted by atomic mass is 79.9. The molecule has 0 saturated carbocycles. The first-order valence-corrected chi connectivity index (χ1v) is 9.97. The molecule has 1 N–H and O–H groups in total. The topological polar surface area (TPSA) is 59.8 Å². The fraction of sp³-hybridized carbons (Fsp3) is 0.0870. The number of halogens is 1. The lowest BCUT2D eigenvalue weighted by Crippen LogP contribution is -2.13. The molecule has 0 fully saturated rings. The summed E-state index contributed by atoms with van der Waals surface area (Å²) in [4.78, 5) is 12.6. The van der Waals surface area contributed by atoms with E-state index in [1.807, 2.05) is 68.4 Å². The van der Waals surface area contributed by atoms with Crippen LogP contribution in [-0.2, 0) is 0 Å². The van der Waals surface area contributed by atoms with E-state index in [2.05, 4.69) is 31.6 Å². The van der Waals surface area contributed by atoms with Gasteiger partial charge < -0.3 is 5.32 Å². The van der Waals surface area contributed by atoms with Gasteiger partial charge in [-0.3, -0.25) is 4.79 Å². The summed E-state index contributed by atoms with van der Waals surface area (Å²) in [6.07, 6.45) is 1.73. The highest BCUT2D eigenvalue weighted by Crippen LogP contribution is 2.24. The Balaban J connectivity index is 1.57. The van der Waals surface area contributed by atoms with Gasteiger partial charge in [0, 0.05) is 21.3 Å². The van der Waals surface area contributed by atoms with Gasteiger partial charge in [0.1, 0.15) is 0 Å².